The minimum Gasteiger partial charge on any atom is -0.487 e. The lowest BCUT2D eigenvalue weighted by Crippen LogP contribution is -2.01. The Balaban J connectivity index is 2.73. The molecule has 2 N–H and O–H groups in total. The fraction of sp³-hybridized carbons (Fsp3) is 0.333. The Morgan fingerprint density at radius 1 is 1.50 bits per heavy atom. The van der Waals surface area contributed by atoms with Crippen molar-refractivity contribution in [3.8, 4) is 5.75 Å². The highest BCUT2D eigenvalue weighted by Gasteiger charge is 2.00. The van der Waals surface area contributed by atoms with Crippen LogP contribution >= 0.6 is 0 Å². The highest BCUT2D eigenvalue weighted by molar-refractivity contribution is 5.54. The molecule has 2 nitrogen and oxygen atoms in total. The summed E-state index contributed by atoms with van der Waals surface area (Å²) in [5.41, 5.74) is 8.74. The Morgan fingerprint density at radius 3 is 2.71 bits per heavy atom. The first-order valence-electron chi connectivity index (χ1n) is 4.79. The zero-order chi connectivity index (χ0) is 10.6. The van der Waals surface area contributed by atoms with Crippen molar-refractivity contribution in [2.24, 2.45) is 0 Å². The van der Waals surface area contributed by atoms with Crippen molar-refractivity contribution in [3.05, 3.63) is 35.9 Å². The van der Waals surface area contributed by atoms with Gasteiger partial charge in [0.05, 0.1) is 5.69 Å². The summed E-state index contributed by atoms with van der Waals surface area (Å²) >= 11 is 0. The summed E-state index contributed by atoms with van der Waals surface area (Å²) in [6.07, 6.45) is 0.991. The standard InChI is InChI=1S/C12H17NO/c1-4-10-5-6-12(11(13)7-10)14-8-9(2)3/h5-7H,2,4,8,13H2,1,3H3. The van der Waals surface area contributed by atoms with Crippen LogP contribution in [0.5, 0.6) is 5.75 Å². The van der Waals surface area contributed by atoms with Crippen LogP contribution in [0, 0.1) is 0 Å². The molecule has 0 bridgehead atoms. The van der Waals surface area contributed by atoms with E-state index in [1.165, 1.54) is 5.56 Å². The number of anilines is 1. The predicted octanol–water partition coefficient (Wildman–Crippen LogP) is 2.79. The van der Waals surface area contributed by atoms with Gasteiger partial charge in [-0.3, -0.25) is 0 Å². The molecule has 0 aromatic heterocycles. The van der Waals surface area contributed by atoms with Gasteiger partial charge in [0.15, 0.2) is 0 Å². The Morgan fingerprint density at radius 2 is 2.21 bits per heavy atom. The topological polar surface area (TPSA) is 35.2 Å². The van der Waals surface area contributed by atoms with E-state index < -0.39 is 0 Å². The van der Waals surface area contributed by atoms with Gasteiger partial charge in [0.2, 0.25) is 0 Å². The predicted molar refractivity (Wildman–Crippen MR) is 60.5 cm³/mol. The Hall–Kier alpha value is -1.44. The van der Waals surface area contributed by atoms with Crippen LogP contribution in [0.25, 0.3) is 0 Å². The number of ether oxygens (including phenoxy) is 1. The first kappa shape index (κ1) is 10.6. The molecule has 14 heavy (non-hydrogen) atoms. The summed E-state index contributed by atoms with van der Waals surface area (Å²) in [4.78, 5) is 0. The molecule has 76 valence electrons. The number of benzene rings is 1. The summed E-state index contributed by atoms with van der Waals surface area (Å²) in [6.45, 7) is 8.32. The van der Waals surface area contributed by atoms with Gasteiger partial charge >= 0.3 is 0 Å². The fourth-order valence-electron chi connectivity index (χ4n) is 1.15. The smallest absolute Gasteiger partial charge is 0.142 e. The Labute approximate surface area is 85.4 Å². The van der Waals surface area contributed by atoms with Gasteiger partial charge in [-0.25, -0.2) is 0 Å². The van der Waals surface area contributed by atoms with E-state index in [9.17, 15) is 0 Å². The van der Waals surface area contributed by atoms with Gasteiger partial charge in [0, 0.05) is 0 Å². The van der Waals surface area contributed by atoms with Crippen molar-refractivity contribution in [2.45, 2.75) is 20.3 Å². The van der Waals surface area contributed by atoms with Crippen LogP contribution in [0.2, 0.25) is 0 Å². The average molecular weight is 191 g/mol. The van der Waals surface area contributed by atoms with Crippen molar-refractivity contribution < 1.29 is 4.74 Å². The van der Waals surface area contributed by atoms with Crippen molar-refractivity contribution in [1.29, 1.82) is 0 Å². The lowest BCUT2D eigenvalue weighted by Gasteiger charge is -2.09. The zero-order valence-electron chi connectivity index (χ0n) is 8.84. The van der Waals surface area contributed by atoms with Gasteiger partial charge < -0.3 is 10.5 Å². The molecule has 0 aliphatic rings. The summed E-state index contributed by atoms with van der Waals surface area (Å²) in [6, 6.07) is 5.90. The maximum absolute atomic E-state index is 5.83. The molecule has 0 atom stereocenters. The van der Waals surface area contributed by atoms with Crippen LogP contribution in [0.4, 0.5) is 5.69 Å². The monoisotopic (exact) mass is 191 g/mol. The van der Waals surface area contributed by atoms with Gasteiger partial charge in [0.1, 0.15) is 12.4 Å². The molecule has 0 aliphatic heterocycles. The van der Waals surface area contributed by atoms with E-state index in [1.807, 2.05) is 25.1 Å². The highest BCUT2D eigenvalue weighted by atomic mass is 16.5. The van der Waals surface area contributed by atoms with Crippen LogP contribution < -0.4 is 10.5 Å². The normalized spacial score (nSPS) is 9.86. The molecule has 1 aromatic rings. The van der Waals surface area contributed by atoms with Crippen molar-refractivity contribution >= 4 is 5.69 Å². The number of aryl methyl sites for hydroxylation is 1. The first-order chi connectivity index (χ1) is 6.63. The van der Waals surface area contributed by atoms with Crippen molar-refractivity contribution in [3.63, 3.8) is 0 Å². The van der Waals surface area contributed by atoms with E-state index in [0.717, 1.165) is 17.7 Å². The second-order valence-electron chi connectivity index (χ2n) is 3.47. The molecule has 0 unspecified atom stereocenters. The Kier molecular flexibility index (Phi) is 3.57. The maximum Gasteiger partial charge on any atom is 0.142 e. The second kappa shape index (κ2) is 4.70. The third kappa shape index (κ3) is 2.80. The largest absolute Gasteiger partial charge is 0.487 e. The minimum atomic E-state index is 0.523. The van der Waals surface area contributed by atoms with Crippen LogP contribution in [0.15, 0.2) is 30.4 Å². The molecule has 0 radical (unpaired) electrons. The SMILES string of the molecule is C=C(C)COc1ccc(CC)cc1N. The molecule has 0 heterocycles. The second-order valence-corrected chi connectivity index (χ2v) is 3.47. The fourth-order valence-corrected chi connectivity index (χ4v) is 1.15. The van der Waals surface area contributed by atoms with Crippen LogP contribution in [-0.4, -0.2) is 6.61 Å². The molecule has 0 fully saturated rings. The summed E-state index contributed by atoms with van der Waals surface area (Å²) < 4.78 is 5.47. The lowest BCUT2D eigenvalue weighted by atomic mass is 10.1. The molecule has 0 amide bonds. The van der Waals surface area contributed by atoms with Crippen molar-refractivity contribution in [1.82, 2.24) is 0 Å². The summed E-state index contributed by atoms with van der Waals surface area (Å²) in [5.74, 6) is 0.741. The van der Waals surface area contributed by atoms with Gasteiger partial charge in [0.25, 0.3) is 0 Å². The van der Waals surface area contributed by atoms with Crippen LogP contribution in [0.1, 0.15) is 19.4 Å². The number of nitrogen functional groups attached to an aromatic ring is 1. The molecular formula is C12H17NO. The van der Waals surface area contributed by atoms with E-state index in [2.05, 4.69) is 13.5 Å². The maximum atomic E-state index is 5.83. The molecule has 0 saturated carbocycles. The number of nitrogens with two attached hydrogens (primary N) is 1. The number of rotatable bonds is 4. The Bertz CT molecular complexity index is 331. The highest BCUT2D eigenvalue weighted by Crippen LogP contribution is 2.22. The van der Waals surface area contributed by atoms with E-state index >= 15 is 0 Å². The number of hydrogen-bond acceptors (Lipinski definition) is 2. The lowest BCUT2D eigenvalue weighted by molar-refractivity contribution is 0.354. The molecule has 0 saturated heterocycles. The molecular weight excluding hydrogens is 174 g/mol. The van der Waals surface area contributed by atoms with Crippen LogP contribution in [-0.2, 0) is 6.42 Å². The average Bonchev–Trinajstić information content (AvgIpc) is 2.15. The van der Waals surface area contributed by atoms with Crippen LogP contribution in [0.3, 0.4) is 0 Å². The van der Waals surface area contributed by atoms with Gasteiger partial charge in [-0.05, 0) is 36.6 Å². The molecule has 2 heteroatoms. The van der Waals surface area contributed by atoms with Gasteiger partial charge in [-0.1, -0.05) is 19.6 Å². The third-order valence-corrected chi connectivity index (χ3v) is 1.96. The molecule has 0 spiro atoms. The quantitative estimate of drug-likeness (QED) is 0.586. The van der Waals surface area contributed by atoms with Gasteiger partial charge in [-0.2, -0.15) is 0 Å². The van der Waals surface area contributed by atoms with E-state index in [1.54, 1.807) is 0 Å². The third-order valence-electron chi connectivity index (χ3n) is 1.96. The first-order valence-corrected chi connectivity index (χ1v) is 4.79. The summed E-state index contributed by atoms with van der Waals surface area (Å²) in [7, 11) is 0. The van der Waals surface area contributed by atoms with Gasteiger partial charge in [-0.15, -0.1) is 0 Å². The van der Waals surface area contributed by atoms with Crippen molar-refractivity contribution in [2.75, 3.05) is 12.3 Å². The van der Waals surface area contributed by atoms with E-state index in [0.29, 0.717) is 12.3 Å². The number of hydrogen-bond donors (Lipinski definition) is 1. The zero-order valence-corrected chi connectivity index (χ0v) is 8.84. The molecule has 1 aromatic carbocycles. The molecule has 0 aliphatic carbocycles. The molecule has 1 rings (SSSR count). The van der Waals surface area contributed by atoms with E-state index in [-0.39, 0.29) is 0 Å². The van der Waals surface area contributed by atoms with E-state index in [4.69, 9.17) is 10.5 Å². The minimum absolute atomic E-state index is 0.523. The summed E-state index contributed by atoms with van der Waals surface area (Å²) in [5, 5.41) is 0.